The normalized spacial score (nSPS) is 16.0. The topological polar surface area (TPSA) is 107 Å². The maximum absolute atomic E-state index is 12.8. The number of cyclic esters (lactones) is 1. The molecule has 0 radical (unpaired) electrons. The molecule has 1 fully saturated rings. The van der Waals surface area contributed by atoms with Gasteiger partial charge in [-0.25, -0.2) is 28.2 Å². The molecule has 1 amide bonds. The van der Waals surface area contributed by atoms with E-state index in [0.29, 0.717) is 24.5 Å². The molecule has 0 bridgehead atoms. The van der Waals surface area contributed by atoms with Crippen LogP contribution < -0.4 is 10.6 Å². The summed E-state index contributed by atoms with van der Waals surface area (Å²) in [6, 6.07) is 6.74. The van der Waals surface area contributed by atoms with E-state index in [2.05, 4.69) is 30.9 Å². The Morgan fingerprint density at radius 2 is 2.24 bits per heavy atom. The Hall–Kier alpha value is -3.63. The smallest absolute Gasteiger partial charge is 0.407 e. The number of rotatable bonds is 6. The Kier molecular flexibility index (Phi) is 5.02. The molecule has 29 heavy (non-hydrogen) atoms. The van der Waals surface area contributed by atoms with E-state index in [4.69, 9.17) is 4.74 Å². The lowest BCUT2D eigenvalue weighted by molar-refractivity contribution is 0.128. The molecule has 2 N–H and O–H groups in total. The van der Waals surface area contributed by atoms with Gasteiger partial charge in [-0.1, -0.05) is 5.21 Å². The van der Waals surface area contributed by atoms with Gasteiger partial charge >= 0.3 is 6.09 Å². The van der Waals surface area contributed by atoms with Gasteiger partial charge in [-0.15, -0.1) is 5.10 Å². The van der Waals surface area contributed by atoms with Gasteiger partial charge in [0.05, 0.1) is 19.3 Å². The van der Waals surface area contributed by atoms with Gasteiger partial charge in [-0.2, -0.15) is 0 Å². The molecule has 0 spiro atoms. The number of anilines is 2. The van der Waals surface area contributed by atoms with Crippen LogP contribution in [0.3, 0.4) is 0 Å². The van der Waals surface area contributed by atoms with Crippen molar-refractivity contribution in [1.82, 2.24) is 30.3 Å². The molecule has 0 saturated carbocycles. The van der Waals surface area contributed by atoms with Crippen molar-refractivity contribution in [2.75, 3.05) is 11.9 Å². The number of ether oxygens (including phenoxy) is 1. The number of alkyl halides is 2. The van der Waals surface area contributed by atoms with E-state index >= 15 is 0 Å². The van der Waals surface area contributed by atoms with Crippen molar-refractivity contribution >= 4 is 17.7 Å². The van der Waals surface area contributed by atoms with Crippen LogP contribution in [-0.2, 0) is 11.3 Å². The molecule has 4 rings (SSSR count). The molecule has 0 unspecified atom stereocenters. The van der Waals surface area contributed by atoms with E-state index in [9.17, 15) is 13.6 Å². The first-order valence-corrected chi connectivity index (χ1v) is 8.81. The standard InChI is InChI=1S/C18H17F2N7O2/c1-10-4-11(15-9-27(26-25-15)8-13-7-22-18(28)29-13)6-12(5-10)23-17-21-3-2-14(24-17)16(19)20/h2-6,9,13,16H,7-8H2,1H3,(H,22,28)(H,21,23,24)/t13-/m0/s1. The van der Waals surface area contributed by atoms with Crippen molar-refractivity contribution in [3.63, 3.8) is 0 Å². The van der Waals surface area contributed by atoms with Crippen molar-refractivity contribution in [2.24, 2.45) is 0 Å². The minimum absolute atomic E-state index is 0.0820. The average Bonchev–Trinajstić information content (AvgIpc) is 3.31. The predicted octanol–water partition coefficient (Wildman–Crippen LogP) is 2.83. The van der Waals surface area contributed by atoms with E-state index in [1.54, 1.807) is 16.9 Å². The highest BCUT2D eigenvalue weighted by Gasteiger charge is 2.23. The van der Waals surface area contributed by atoms with E-state index in [-0.39, 0.29) is 17.7 Å². The minimum Gasteiger partial charge on any atom is -0.442 e. The van der Waals surface area contributed by atoms with Gasteiger partial charge < -0.3 is 15.4 Å². The third-order valence-corrected chi connectivity index (χ3v) is 4.21. The lowest BCUT2D eigenvalue weighted by Gasteiger charge is -2.09. The number of aromatic nitrogens is 5. The number of alkyl carbamates (subject to hydrolysis) is 1. The number of benzene rings is 1. The predicted molar refractivity (Wildman–Crippen MR) is 98.7 cm³/mol. The fourth-order valence-electron chi connectivity index (χ4n) is 2.95. The van der Waals surface area contributed by atoms with Crippen molar-refractivity contribution in [2.45, 2.75) is 26.0 Å². The fraction of sp³-hybridized carbons (Fsp3) is 0.278. The Balaban J connectivity index is 1.53. The van der Waals surface area contributed by atoms with Crippen LogP contribution in [0.5, 0.6) is 0 Å². The molecular weight excluding hydrogens is 384 g/mol. The van der Waals surface area contributed by atoms with E-state index in [1.165, 1.54) is 12.3 Å². The van der Waals surface area contributed by atoms with Crippen LogP contribution in [0.1, 0.15) is 17.7 Å². The van der Waals surface area contributed by atoms with Crippen LogP contribution in [0.25, 0.3) is 11.3 Å². The largest absolute Gasteiger partial charge is 0.442 e. The molecule has 0 aliphatic carbocycles. The maximum Gasteiger partial charge on any atom is 0.407 e. The molecule has 9 nitrogen and oxygen atoms in total. The summed E-state index contributed by atoms with van der Waals surface area (Å²) in [7, 11) is 0. The average molecular weight is 401 g/mol. The summed E-state index contributed by atoms with van der Waals surface area (Å²) in [5.41, 5.74) is 2.62. The van der Waals surface area contributed by atoms with E-state index < -0.39 is 12.5 Å². The van der Waals surface area contributed by atoms with Crippen molar-refractivity contribution < 1.29 is 18.3 Å². The number of hydrogen-bond acceptors (Lipinski definition) is 7. The van der Waals surface area contributed by atoms with Gasteiger partial charge in [0.1, 0.15) is 17.5 Å². The Labute approximate surface area is 164 Å². The lowest BCUT2D eigenvalue weighted by Crippen LogP contribution is -2.20. The van der Waals surface area contributed by atoms with Crippen LogP contribution in [0, 0.1) is 6.92 Å². The SMILES string of the molecule is Cc1cc(Nc2nccc(C(F)F)n2)cc(-c2cn(C[C@@H]3CNC(=O)O3)nn2)c1. The van der Waals surface area contributed by atoms with Gasteiger partial charge in [-0.3, -0.25) is 0 Å². The summed E-state index contributed by atoms with van der Waals surface area (Å²) in [6.07, 6.45) is -0.382. The molecule has 1 atom stereocenters. The summed E-state index contributed by atoms with van der Waals surface area (Å²) in [5.74, 6) is 0.0820. The summed E-state index contributed by atoms with van der Waals surface area (Å²) >= 11 is 0. The Morgan fingerprint density at radius 3 is 3.00 bits per heavy atom. The fourth-order valence-corrected chi connectivity index (χ4v) is 2.95. The van der Waals surface area contributed by atoms with Gasteiger partial charge in [0.2, 0.25) is 5.95 Å². The number of amides is 1. The van der Waals surface area contributed by atoms with Gasteiger partial charge in [-0.05, 0) is 36.8 Å². The minimum atomic E-state index is -2.67. The first-order chi connectivity index (χ1) is 14.0. The molecular formula is C18H17F2N7O2. The highest BCUT2D eigenvalue weighted by molar-refractivity contribution is 5.69. The second-order valence-electron chi connectivity index (χ2n) is 6.55. The summed E-state index contributed by atoms with van der Waals surface area (Å²) in [4.78, 5) is 18.9. The molecule has 150 valence electrons. The molecule has 3 aromatic rings. The van der Waals surface area contributed by atoms with Crippen LogP contribution in [0.4, 0.5) is 25.2 Å². The molecule has 11 heteroatoms. The molecule has 2 aromatic heterocycles. The van der Waals surface area contributed by atoms with Gasteiger partial charge in [0.25, 0.3) is 6.43 Å². The third kappa shape index (κ3) is 4.45. The number of hydrogen-bond donors (Lipinski definition) is 2. The zero-order valence-electron chi connectivity index (χ0n) is 15.3. The second kappa shape index (κ2) is 7.78. The summed E-state index contributed by atoms with van der Waals surface area (Å²) < 4.78 is 32.4. The van der Waals surface area contributed by atoms with Crippen LogP contribution in [-0.4, -0.2) is 43.7 Å². The molecule has 1 aliphatic heterocycles. The van der Waals surface area contributed by atoms with Crippen LogP contribution in [0.2, 0.25) is 0 Å². The van der Waals surface area contributed by atoms with Gasteiger partial charge in [0.15, 0.2) is 0 Å². The summed E-state index contributed by atoms with van der Waals surface area (Å²) in [6.45, 7) is 2.71. The number of carbonyl (C=O) groups excluding carboxylic acids is 1. The maximum atomic E-state index is 12.8. The Morgan fingerprint density at radius 1 is 1.38 bits per heavy atom. The van der Waals surface area contributed by atoms with Crippen molar-refractivity contribution in [1.29, 1.82) is 0 Å². The number of aryl methyl sites for hydroxylation is 1. The zero-order chi connectivity index (χ0) is 20.4. The monoisotopic (exact) mass is 401 g/mol. The van der Waals surface area contributed by atoms with Crippen LogP contribution in [0.15, 0.2) is 36.7 Å². The van der Waals surface area contributed by atoms with Crippen molar-refractivity contribution in [3.8, 4) is 11.3 Å². The zero-order valence-corrected chi connectivity index (χ0v) is 15.3. The van der Waals surface area contributed by atoms with Crippen LogP contribution >= 0.6 is 0 Å². The number of carbonyl (C=O) groups is 1. The van der Waals surface area contributed by atoms with Crippen molar-refractivity contribution in [3.05, 3.63) is 47.9 Å². The number of nitrogens with one attached hydrogen (secondary N) is 2. The van der Waals surface area contributed by atoms with E-state index in [0.717, 1.165) is 11.1 Å². The molecule has 3 heterocycles. The third-order valence-electron chi connectivity index (χ3n) is 4.21. The quantitative estimate of drug-likeness (QED) is 0.654. The second-order valence-corrected chi connectivity index (χ2v) is 6.55. The number of nitrogens with zero attached hydrogens (tertiary/aromatic N) is 5. The molecule has 1 saturated heterocycles. The first-order valence-electron chi connectivity index (χ1n) is 8.81. The Bertz CT molecular complexity index is 1040. The molecule has 1 aromatic carbocycles. The number of halogens is 2. The highest BCUT2D eigenvalue weighted by atomic mass is 19.3. The summed E-state index contributed by atoms with van der Waals surface area (Å²) in [5, 5.41) is 13.8. The molecule has 1 aliphatic rings. The van der Waals surface area contributed by atoms with Gasteiger partial charge in [0, 0.05) is 17.4 Å². The lowest BCUT2D eigenvalue weighted by atomic mass is 10.1. The highest BCUT2D eigenvalue weighted by Crippen LogP contribution is 2.25. The first kappa shape index (κ1) is 18.7. The van der Waals surface area contributed by atoms with E-state index in [1.807, 2.05) is 19.1 Å².